The highest BCUT2D eigenvalue weighted by atomic mass is 32.2. The smallest absolute Gasteiger partial charge is 0.410 e. The molecule has 0 aromatic heterocycles. The predicted octanol–water partition coefficient (Wildman–Crippen LogP) is 2.87. The number of allylic oxidation sites excluding steroid dienone is 1. The zero-order chi connectivity index (χ0) is 35.6. The zero-order valence-corrected chi connectivity index (χ0v) is 29.0. The Morgan fingerprint density at radius 1 is 1.18 bits per heavy atom. The first-order chi connectivity index (χ1) is 24.0. The number of ether oxygens (including phenoxy) is 2. The van der Waals surface area contributed by atoms with Gasteiger partial charge in [0.05, 0.1) is 24.9 Å². The first kappa shape index (κ1) is 35.4. The number of rotatable bonds is 9. The average Bonchev–Trinajstić information content (AvgIpc) is 3.98. The normalized spacial score (nSPS) is 29.0. The number of hydrogen-bond acceptors (Lipinski definition) is 9. The van der Waals surface area contributed by atoms with E-state index in [-0.39, 0.29) is 32.4 Å². The molecule has 15 heteroatoms. The van der Waals surface area contributed by atoms with Crippen molar-refractivity contribution in [3.63, 3.8) is 0 Å². The average molecular weight is 712 g/mol. The van der Waals surface area contributed by atoms with E-state index < -0.39 is 74.8 Å². The molecule has 14 nitrogen and oxygen atoms in total. The molecule has 50 heavy (non-hydrogen) atoms. The van der Waals surface area contributed by atoms with Crippen molar-refractivity contribution in [1.29, 1.82) is 0 Å². The minimum absolute atomic E-state index is 0.0696. The van der Waals surface area contributed by atoms with Crippen LogP contribution in [0.3, 0.4) is 0 Å². The van der Waals surface area contributed by atoms with Crippen LogP contribution in [0.4, 0.5) is 9.59 Å². The maximum atomic E-state index is 14.2. The van der Waals surface area contributed by atoms with Crippen LogP contribution < -0.4 is 15.4 Å². The number of benzene rings is 1. The summed E-state index contributed by atoms with van der Waals surface area (Å²) in [4.78, 5) is 70.8. The van der Waals surface area contributed by atoms with Gasteiger partial charge < -0.3 is 25.0 Å². The monoisotopic (exact) mass is 711 g/mol. The van der Waals surface area contributed by atoms with Gasteiger partial charge in [0.25, 0.3) is 5.91 Å². The molecular weight excluding hydrogens is 666 g/mol. The van der Waals surface area contributed by atoms with Gasteiger partial charge in [-0.05, 0) is 55.2 Å². The highest BCUT2D eigenvalue weighted by molar-refractivity contribution is 7.91. The first-order valence-corrected chi connectivity index (χ1v) is 19.0. The molecular formula is C35H45N5O9S. The highest BCUT2D eigenvalue weighted by Crippen LogP contribution is 2.45. The van der Waals surface area contributed by atoms with Crippen LogP contribution in [0.15, 0.2) is 36.9 Å². The third kappa shape index (κ3) is 7.52. The molecule has 1 saturated heterocycles. The van der Waals surface area contributed by atoms with Gasteiger partial charge in [0, 0.05) is 18.9 Å². The number of carbonyl (C=O) groups is 5. The molecule has 3 fully saturated rings. The van der Waals surface area contributed by atoms with Crippen LogP contribution in [0.5, 0.6) is 0 Å². The molecule has 5 aliphatic rings. The van der Waals surface area contributed by atoms with E-state index in [0.717, 1.165) is 23.1 Å². The Balaban J connectivity index is 1.26. The third-order valence-corrected chi connectivity index (χ3v) is 11.9. The number of amides is 5. The van der Waals surface area contributed by atoms with Gasteiger partial charge in [-0.1, -0.05) is 56.2 Å². The van der Waals surface area contributed by atoms with Crippen LogP contribution >= 0.6 is 0 Å². The first-order valence-electron chi connectivity index (χ1n) is 17.4. The molecule has 5 atom stereocenters. The van der Waals surface area contributed by atoms with E-state index in [4.69, 9.17) is 9.47 Å². The van der Waals surface area contributed by atoms with E-state index in [0.29, 0.717) is 45.2 Å². The molecule has 3 aliphatic heterocycles. The van der Waals surface area contributed by atoms with Crippen molar-refractivity contribution in [2.45, 2.75) is 107 Å². The fraction of sp³-hybridized carbons (Fsp3) is 0.571. The SMILES string of the molecule is C=C[C@@H]1C[C@]1(NC(=O)[C@@H]1C[C@@H]2CN1C(=O)[C@H](CCCC)NC(=O)OCCC/C=C/c1cccc3c1CN(C3)C(=O)O2)C(=O)NS(=O)(=O)C1CC1. The van der Waals surface area contributed by atoms with E-state index in [1.54, 1.807) is 4.90 Å². The lowest BCUT2D eigenvalue weighted by Crippen LogP contribution is -2.58. The third-order valence-electron chi connectivity index (χ3n) is 10.1. The van der Waals surface area contributed by atoms with E-state index >= 15 is 0 Å². The lowest BCUT2D eigenvalue weighted by molar-refractivity contribution is -0.141. The molecule has 0 spiro atoms. The van der Waals surface area contributed by atoms with Gasteiger partial charge in [0.1, 0.15) is 23.7 Å². The molecule has 2 saturated carbocycles. The largest absolute Gasteiger partial charge is 0.450 e. The molecule has 6 rings (SSSR count). The zero-order valence-electron chi connectivity index (χ0n) is 28.2. The van der Waals surface area contributed by atoms with Crippen molar-refractivity contribution < 1.29 is 41.9 Å². The summed E-state index contributed by atoms with van der Waals surface area (Å²) in [6.45, 7) is 6.37. The molecule has 3 N–H and O–H groups in total. The van der Waals surface area contributed by atoms with Crippen molar-refractivity contribution in [3.8, 4) is 0 Å². The quantitative estimate of drug-likeness (QED) is 0.325. The van der Waals surface area contributed by atoms with Gasteiger partial charge in [0.2, 0.25) is 21.8 Å². The number of nitrogens with zero attached hydrogens (tertiary/aromatic N) is 2. The maximum Gasteiger partial charge on any atom is 0.410 e. The van der Waals surface area contributed by atoms with Gasteiger partial charge in [-0.15, -0.1) is 6.58 Å². The number of carbonyl (C=O) groups excluding carboxylic acids is 5. The highest BCUT2D eigenvalue weighted by Gasteiger charge is 2.62. The van der Waals surface area contributed by atoms with Gasteiger partial charge in [0.15, 0.2) is 0 Å². The standard InChI is InChI=1S/C35H45N5O9S/c1-3-5-13-28-31(42)40-20-25(17-29(40)30(41)37-35(18-24(35)4-2)32(43)38-50(46,47)26-14-15-26)49-34(45)39-19-23-12-9-11-22(27(23)21-39)10-7-6-8-16-48-33(44)36-28/h4,7,9-12,24-26,28-29H,2-3,5-6,8,13-21H2,1H3,(H,36,44)(H,37,41)(H,38,43)/b10-7+/t24-,25-,28+,29+,35-/m1/s1. The van der Waals surface area contributed by atoms with Crippen LogP contribution in [0, 0.1) is 5.92 Å². The van der Waals surface area contributed by atoms with Crippen LogP contribution in [0.25, 0.3) is 6.08 Å². The molecule has 270 valence electrons. The number of sulfonamides is 1. The summed E-state index contributed by atoms with van der Waals surface area (Å²) in [6, 6.07) is 3.65. The molecule has 3 heterocycles. The molecule has 0 radical (unpaired) electrons. The van der Waals surface area contributed by atoms with Gasteiger partial charge in [-0.25, -0.2) is 18.0 Å². The Hall–Kier alpha value is -4.40. The van der Waals surface area contributed by atoms with Gasteiger partial charge in [-0.2, -0.15) is 0 Å². The minimum atomic E-state index is -3.90. The topological polar surface area (TPSA) is 181 Å². The Bertz CT molecular complexity index is 1690. The van der Waals surface area contributed by atoms with Crippen molar-refractivity contribution >= 4 is 46.0 Å². The number of nitrogens with one attached hydrogen (secondary N) is 3. The molecule has 5 amide bonds. The van der Waals surface area contributed by atoms with E-state index in [1.165, 1.54) is 11.0 Å². The fourth-order valence-corrected chi connectivity index (χ4v) is 8.33. The second-order valence-electron chi connectivity index (χ2n) is 13.8. The number of hydrogen-bond donors (Lipinski definition) is 3. The predicted molar refractivity (Wildman–Crippen MR) is 181 cm³/mol. The second kappa shape index (κ2) is 14.4. The lowest BCUT2D eigenvalue weighted by Gasteiger charge is -2.29. The van der Waals surface area contributed by atoms with E-state index in [9.17, 15) is 32.4 Å². The van der Waals surface area contributed by atoms with Crippen LogP contribution in [-0.4, -0.2) is 90.3 Å². The number of alkyl carbamates (subject to hydrolysis) is 1. The summed E-state index contributed by atoms with van der Waals surface area (Å²) >= 11 is 0. The van der Waals surface area contributed by atoms with Crippen molar-refractivity contribution in [2.24, 2.45) is 5.92 Å². The second-order valence-corrected chi connectivity index (χ2v) is 15.8. The molecule has 1 aromatic carbocycles. The van der Waals surface area contributed by atoms with Crippen molar-refractivity contribution in [2.75, 3.05) is 13.2 Å². The number of unbranched alkanes of at least 4 members (excludes halogenated alkanes) is 1. The van der Waals surface area contributed by atoms with E-state index in [1.807, 2.05) is 37.3 Å². The number of cyclic esters (lactones) is 1. The summed E-state index contributed by atoms with van der Waals surface area (Å²) in [7, 11) is -3.90. The van der Waals surface area contributed by atoms with Crippen LogP contribution in [0.1, 0.15) is 81.4 Å². The summed E-state index contributed by atoms with van der Waals surface area (Å²) in [5.41, 5.74) is 1.41. The maximum absolute atomic E-state index is 14.2. The summed E-state index contributed by atoms with van der Waals surface area (Å²) in [5.74, 6) is -2.65. The minimum Gasteiger partial charge on any atom is -0.450 e. The summed E-state index contributed by atoms with van der Waals surface area (Å²) < 4.78 is 38.7. The lowest BCUT2D eigenvalue weighted by atomic mass is 10.0. The number of fused-ring (bicyclic) bond motifs is 3. The Kier molecular flexibility index (Phi) is 10.2. The molecule has 1 aromatic rings. The van der Waals surface area contributed by atoms with Gasteiger partial charge >= 0.3 is 12.2 Å². The molecule has 4 bridgehead atoms. The Labute approximate surface area is 292 Å². The van der Waals surface area contributed by atoms with Crippen LogP contribution in [0.2, 0.25) is 0 Å². The Morgan fingerprint density at radius 2 is 1.98 bits per heavy atom. The van der Waals surface area contributed by atoms with Crippen molar-refractivity contribution in [3.05, 3.63) is 53.6 Å². The molecule has 0 unspecified atom stereocenters. The van der Waals surface area contributed by atoms with Gasteiger partial charge in [-0.3, -0.25) is 24.0 Å². The summed E-state index contributed by atoms with van der Waals surface area (Å²) in [5, 5.41) is 4.76. The Morgan fingerprint density at radius 3 is 2.70 bits per heavy atom. The molecule has 2 aliphatic carbocycles. The fourth-order valence-electron chi connectivity index (χ4n) is 6.97. The van der Waals surface area contributed by atoms with Crippen LogP contribution in [-0.2, 0) is 47.0 Å². The van der Waals surface area contributed by atoms with E-state index in [2.05, 4.69) is 21.9 Å². The summed E-state index contributed by atoms with van der Waals surface area (Å²) in [6.07, 6.45) is 7.03. The van der Waals surface area contributed by atoms with Crippen molar-refractivity contribution in [1.82, 2.24) is 25.2 Å².